The van der Waals surface area contributed by atoms with Crippen LogP contribution in [0.15, 0.2) is 12.1 Å². The summed E-state index contributed by atoms with van der Waals surface area (Å²) in [6.07, 6.45) is 5.32. The molecular weight excluding hydrogens is 245 g/mol. The lowest BCUT2D eigenvalue weighted by Crippen LogP contribution is -2.02. The fraction of sp³-hybridized carbons (Fsp3) is 0.182. The Labute approximate surface area is 103 Å². The molecule has 0 amide bonds. The van der Waals surface area contributed by atoms with Gasteiger partial charge in [0.1, 0.15) is 0 Å². The zero-order valence-corrected chi connectivity index (χ0v) is 10.1. The summed E-state index contributed by atoms with van der Waals surface area (Å²) < 4.78 is 1.87. The summed E-state index contributed by atoms with van der Waals surface area (Å²) in [5.41, 5.74) is 1.64. The van der Waals surface area contributed by atoms with Gasteiger partial charge in [-0.25, -0.2) is 4.98 Å². The van der Waals surface area contributed by atoms with Crippen LogP contribution in [-0.4, -0.2) is 16.6 Å². The Morgan fingerprint density at radius 2 is 2.12 bits per heavy atom. The maximum absolute atomic E-state index is 5.97. The average molecular weight is 254 g/mol. The van der Waals surface area contributed by atoms with Crippen molar-refractivity contribution in [3.63, 3.8) is 0 Å². The van der Waals surface area contributed by atoms with Gasteiger partial charge in [-0.05, 0) is 12.1 Å². The van der Waals surface area contributed by atoms with Crippen LogP contribution in [0.1, 0.15) is 0 Å². The lowest BCUT2D eigenvalue weighted by atomic mass is 10.3. The number of hydrogen-bond donors (Lipinski definition) is 1. The van der Waals surface area contributed by atoms with Crippen molar-refractivity contribution in [1.29, 1.82) is 0 Å². The number of nitrogens with one attached hydrogen (secondary N) is 1. The topological polar surface area (TPSA) is 29.9 Å². The normalized spacial score (nSPS) is 10.4. The largest absolute Gasteiger partial charge is 0.359 e. The molecule has 3 nitrogen and oxygen atoms in total. The van der Waals surface area contributed by atoms with Gasteiger partial charge in [0.25, 0.3) is 0 Å². The van der Waals surface area contributed by atoms with E-state index in [9.17, 15) is 0 Å². The van der Waals surface area contributed by atoms with E-state index in [1.54, 1.807) is 19.2 Å². The molecule has 2 rings (SSSR count). The SMILES string of the molecule is C#CCn1c(NC)nc2cc(Cl)c(Cl)cc21. The zero-order valence-electron chi connectivity index (χ0n) is 8.59. The number of fused-ring (bicyclic) bond motifs is 1. The monoisotopic (exact) mass is 253 g/mol. The highest BCUT2D eigenvalue weighted by atomic mass is 35.5. The van der Waals surface area contributed by atoms with Gasteiger partial charge in [0, 0.05) is 7.05 Å². The summed E-state index contributed by atoms with van der Waals surface area (Å²) >= 11 is 11.9. The molecule has 5 heteroatoms. The van der Waals surface area contributed by atoms with Gasteiger partial charge in [-0.2, -0.15) is 0 Å². The van der Waals surface area contributed by atoms with Crippen LogP contribution in [0.25, 0.3) is 11.0 Å². The Hall–Kier alpha value is -1.37. The van der Waals surface area contributed by atoms with Crippen molar-refractivity contribution in [2.45, 2.75) is 6.54 Å². The molecule has 0 aliphatic rings. The highest BCUT2D eigenvalue weighted by molar-refractivity contribution is 6.42. The van der Waals surface area contributed by atoms with Gasteiger partial charge >= 0.3 is 0 Å². The summed E-state index contributed by atoms with van der Waals surface area (Å²) in [5, 5.41) is 3.96. The molecule has 82 valence electrons. The maximum Gasteiger partial charge on any atom is 0.204 e. The standard InChI is InChI=1S/C11H9Cl2N3/c1-3-4-16-10-6-8(13)7(12)5-9(10)15-11(16)14-2/h1,5-6H,4H2,2H3,(H,14,15). The third kappa shape index (κ3) is 1.71. The van der Waals surface area contributed by atoms with Gasteiger partial charge in [0.05, 0.1) is 27.6 Å². The molecule has 0 spiro atoms. The van der Waals surface area contributed by atoms with E-state index < -0.39 is 0 Å². The zero-order chi connectivity index (χ0) is 11.7. The van der Waals surface area contributed by atoms with Crippen molar-refractivity contribution in [1.82, 2.24) is 9.55 Å². The Bertz CT molecular complexity index is 581. The van der Waals surface area contributed by atoms with E-state index in [0.717, 1.165) is 11.0 Å². The highest BCUT2D eigenvalue weighted by Gasteiger charge is 2.11. The first-order valence-corrected chi connectivity index (χ1v) is 5.39. The van der Waals surface area contributed by atoms with E-state index in [1.165, 1.54) is 0 Å². The first-order chi connectivity index (χ1) is 7.67. The van der Waals surface area contributed by atoms with Gasteiger partial charge in [-0.15, -0.1) is 6.42 Å². The molecule has 1 heterocycles. The second kappa shape index (κ2) is 4.25. The molecule has 0 atom stereocenters. The van der Waals surface area contributed by atoms with E-state index in [2.05, 4.69) is 16.2 Å². The average Bonchev–Trinajstić information content (AvgIpc) is 2.58. The lowest BCUT2D eigenvalue weighted by Gasteiger charge is -2.04. The van der Waals surface area contributed by atoms with Gasteiger partial charge in [-0.1, -0.05) is 29.1 Å². The number of rotatable bonds is 2. The molecule has 0 fully saturated rings. The van der Waals surface area contributed by atoms with Crippen molar-refractivity contribution < 1.29 is 0 Å². The molecule has 0 saturated carbocycles. The summed E-state index contributed by atoms with van der Waals surface area (Å²) in [6.45, 7) is 0.435. The second-order valence-electron chi connectivity index (χ2n) is 3.23. The van der Waals surface area contributed by atoms with E-state index in [1.807, 2.05) is 4.57 Å². The first-order valence-electron chi connectivity index (χ1n) is 4.64. The van der Waals surface area contributed by atoms with E-state index in [-0.39, 0.29) is 0 Å². The molecule has 0 radical (unpaired) electrons. The first kappa shape index (κ1) is 11.1. The molecule has 0 saturated heterocycles. The van der Waals surface area contributed by atoms with Crippen molar-refractivity contribution in [2.24, 2.45) is 0 Å². The van der Waals surface area contributed by atoms with Gasteiger partial charge in [-0.3, -0.25) is 4.57 Å². The van der Waals surface area contributed by atoms with Crippen LogP contribution >= 0.6 is 23.2 Å². The van der Waals surface area contributed by atoms with Crippen LogP contribution in [0.2, 0.25) is 10.0 Å². The predicted octanol–water partition coefficient (Wildman–Crippen LogP) is 3.02. The van der Waals surface area contributed by atoms with Crippen molar-refractivity contribution in [2.75, 3.05) is 12.4 Å². The Morgan fingerprint density at radius 3 is 2.75 bits per heavy atom. The number of anilines is 1. The maximum atomic E-state index is 5.97. The molecule has 0 aliphatic carbocycles. The van der Waals surface area contributed by atoms with Crippen LogP contribution in [0.3, 0.4) is 0 Å². The fourth-order valence-corrected chi connectivity index (χ4v) is 1.88. The number of halogens is 2. The van der Waals surface area contributed by atoms with Crippen LogP contribution in [0, 0.1) is 12.3 Å². The van der Waals surface area contributed by atoms with Crippen LogP contribution in [0.5, 0.6) is 0 Å². The molecule has 0 bridgehead atoms. The lowest BCUT2D eigenvalue weighted by molar-refractivity contribution is 0.878. The minimum Gasteiger partial charge on any atom is -0.359 e. The third-order valence-electron chi connectivity index (χ3n) is 2.26. The summed E-state index contributed by atoms with van der Waals surface area (Å²) in [6, 6.07) is 3.50. The van der Waals surface area contributed by atoms with Crippen molar-refractivity contribution in [3.05, 3.63) is 22.2 Å². The summed E-state index contributed by atoms with van der Waals surface area (Å²) in [7, 11) is 1.79. The van der Waals surface area contributed by atoms with Gasteiger partial charge < -0.3 is 5.32 Å². The summed E-state index contributed by atoms with van der Waals surface area (Å²) in [4.78, 5) is 4.36. The van der Waals surface area contributed by atoms with Crippen molar-refractivity contribution in [3.8, 4) is 12.3 Å². The minimum absolute atomic E-state index is 0.435. The van der Waals surface area contributed by atoms with E-state index >= 15 is 0 Å². The number of imidazole rings is 1. The molecule has 16 heavy (non-hydrogen) atoms. The quantitative estimate of drug-likeness (QED) is 0.835. The fourth-order valence-electron chi connectivity index (χ4n) is 1.56. The van der Waals surface area contributed by atoms with Gasteiger partial charge in [0.2, 0.25) is 5.95 Å². The molecule has 1 aromatic heterocycles. The predicted molar refractivity (Wildman–Crippen MR) is 68.1 cm³/mol. The van der Waals surface area contributed by atoms with Crippen LogP contribution in [0.4, 0.5) is 5.95 Å². The third-order valence-corrected chi connectivity index (χ3v) is 2.99. The number of aromatic nitrogens is 2. The molecule has 0 aliphatic heterocycles. The summed E-state index contributed by atoms with van der Waals surface area (Å²) in [5.74, 6) is 3.28. The Kier molecular flexibility index (Phi) is 2.95. The molecule has 1 N–H and O–H groups in total. The molecule has 2 aromatic rings. The number of benzene rings is 1. The van der Waals surface area contributed by atoms with Gasteiger partial charge in [0.15, 0.2) is 0 Å². The number of terminal acetylenes is 1. The van der Waals surface area contributed by atoms with E-state index in [4.69, 9.17) is 29.6 Å². The minimum atomic E-state index is 0.435. The second-order valence-corrected chi connectivity index (χ2v) is 4.05. The highest BCUT2D eigenvalue weighted by Crippen LogP contribution is 2.29. The van der Waals surface area contributed by atoms with Crippen LogP contribution < -0.4 is 5.32 Å². The van der Waals surface area contributed by atoms with E-state index in [0.29, 0.717) is 22.5 Å². The molecule has 0 unspecified atom stereocenters. The molecular formula is C11H9Cl2N3. The number of nitrogens with zero attached hydrogens (tertiary/aromatic N) is 2. The number of hydrogen-bond acceptors (Lipinski definition) is 2. The van der Waals surface area contributed by atoms with Crippen LogP contribution in [-0.2, 0) is 6.54 Å². The molecule has 1 aromatic carbocycles. The Morgan fingerprint density at radius 1 is 1.44 bits per heavy atom. The smallest absolute Gasteiger partial charge is 0.204 e. The van der Waals surface area contributed by atoms with Crippen molar-refractivity contribution >= 4 is 40.2 Å². The Balaban J connectivity index is 2.75.